The van der Waals surface area contributed by atoms with Gasteiger partial charge in [0.25, 0.3) is 0 Å². The fourth-order valence-electron chi connectivity index (χ4n) is 3.99. The summed E-state index contributed by atoms with van der Waals surface area (Å²) in [7, 11) is 0. The van der Waals surface area contributed by atoms with Crippen LogP contribution in [0.2, 0.25) is 5.02 Å². The molecule has 2 aromatic heterocycles. The quantitative estimate of drug-likeness (QED) is 0.569. The van der Waals surface area contributed by atoms with Gasteiger partial charge in [-0.25, -0.2) is 9.78 Å². The summed E-state index contributed by atoms with van der Waals surface area (Å²) in [5.74, 6) is -0.290. The van der Waals surface area contributed by atoms with E-state index in [4.69, 9.17) is 21.1 Å². The lowest BCUT2D eigenvalue weighted by Crippen LogP contribution is -2.30. The van der Waals surface area contributed by atoms with Gasteiger partial charge in [0.2, 0.25) is 0 Å². The second kappa shape index (κ2) is 7.57. The summed E-state index contributed by atoms with van der Waals surface area (Å²) in [6.45, 7) is 6.14. The van der Waals surface area contributed by atoms with E-state index in [1.54, 1.807) is 24.4 Å². The summed E-state index contributed by atoms with van der Waals surface area (Å²) in [6, 6.07) is 10.8. The molecule has 1 aromatic carbocycles. The maximum Gasteiger partial charge on any atom is 0.338 e. The van der Waals surface area contributed by atoms with Crippen LogP contribution in [0, 0.1) is 12.8 Å². The Balaban J connectivity index is 1.72. The molecule has 4 atom stereocenters. The van der Waals surface area contributed by atoms with Crippen molar-refractivity contribution in [3.63, 3.8) is 0 Å². The predicted molar refractivity (Wildman–Crippen MR) is 108 cm³/mol. The molecule has 28 heavy (non-hydrogen) atoms. The minimum absolute atomic E-state index is 0.00415. The van der Waals surface area contributed by atoms with Crippen LogP contribution in [-0.4, -0.2) is 27.7 Å². The van der Waals surface area contributed by atoms with E-state index in [-0.39, 0.29) is 18.0 Å². The Morgan fingerprint density at radius 2 is 2.04 bits per heavy atom. The molecule has 0 unspecified atom stereocenters. The summed E-state index contributed by atoms with van der Waals surface area (Å²) in [6.07, 6.45) is 3.62. The molecule has 0 radical (unpaired) electrons. The van der Waals surface area contributed by atoms with E-state index in [1.165, 1.54) is 0 Å². The molecule has 0 N–H and O–H groups in total. The van der Waals surface area contributed by atoms with Crippen molar-refractivity contribution in [1.82, 2.24) is 9.55 Å². The number of hydrogen-bond donors (Lipinski definition) is 0. The highest BCUT2D eigenvalue weighted by Gasteiger charge is 2.45. The predicted octanol–water partition coefficient (Wildman–Crippen LogP) is 5.17. The van der Waals surface area contributed by atoms with Crippen LogP contribution in [0.25, 0.3) is 11.0 Å². The molecule has 1 saturated heterocycles. The van der Waals surface area contributed by atoms with E-state index in [0.717, 1.165) is 23.0 Å². The average molecular weight is 399 g/mol. The first-order chi connectivity index (χ1) is 13.5. The monoisotopic (exact) mass is 398 g/mol. The van der Waals surface area contributed by atoms with Crippen LogP contribution in [0.5, 0.6) is 0 Å². The lowest BCUT2D eigenvalue weighted by atomic mass is 9.98. The molecule has 1 aliphatic rings. The third-order valence-corrected chi connectivity index (χ3v) is 5.80. The van der Waals surface area contributed by atoms with Gasteiger partial charge in [-0.15, -0.1) is 0 Å². The van der Waals surface area contributed by atoms with Gasteiger partial charge in [0.15, 0.2) is 12.3 Å². The molecule has 0 spiro atoms. The lowest BCUT2D eigenvalue weighted by Gasteiger charge is -2.23. The molecule has 3 aromatic rings. The van der Waals surface area contributed by atoms with Crippen molar-refractivity contribution in [2.75, 3.05) is 0 Å². The van der Waals surface area contributed by atoms with Crippen LogP contribution >= 0.6 is 11.6 Å². The third kappa shape index (κ3) is 3.19. The maximum absolute atomic E-state index is 12.7. The standard InChI is InChI=1S/C22H23ClN2O3/c1-4-17-14(3)19(28-22(26)15-8-6-5-7-9-15)21(27-17)25-12-13(2)18-16(23)10-11-24-20(18)25/h5-12,14,17,19,21H,4H2,1-3H3/t14-,17-,19-,21-/m1/s1. The lowest BCUT2D eigenvalue weighted by molar-refractivity contribution is -0.0467. The SMILES string of the molecule is CC[C@H]1O[C@@H](n2cc(C)c3c(Cl)ccnc32)[C@H](OC(=O)c2ccccc2)[C@@H]1C. The second-order valence-corrected chi connectivity index (χ2v) is 7.69. The van der Waals surface area contributed by atoms with Crippen molar-refractivity contribution in [3.8, 4) is 0 Å². The number of benzene rings is 1. The molecule has 146 valence electrons. The minimum Gasteiger partial charge on any atom is -0.454 e. The smallest absolute Gasteiger partial charge is 0.338 e. The van der Waals surface area contributed by atoms with Crippen molar-refractivity contribution in [2.24, 2.45) is 5.92 Å². The molecule has 5 nitrogen and oxygen atoms in total. The zero-order valence-electron chi connectivity index (χ0n) is 16.1. The fraction of sp³-hybridized carbons (Fsp3) is 0.364. The highest BCUT2D eigenvalue weighted by atomic mass is 35.5. The summed E-state index contributed by atoms with van der Waals surface area (Å²) in [5.41, 5.74) is 2.28. The van der Waals surface area contributed by atoms with E-state index >= 15 is 0 Å². The Morgan fingerprint density at radius 1 is 1.29 bits per heavy atom. The molecule has 0 bridgehead atoms. The number of halogens is 1. The van der Waals surface area contributed by atoms with Gasteiger partial charge in [-0.05, 0) is 37.1 Å². The van der Waals surface area contributed by atoms with Crippen LogP contribution in [0.1, 0.15) is 42.4 Å². The summed E-state index contributed by atoms with van der Waals surface area (Å²) in [4.78, 5) is 17.2. The summed E-state index contributed by atoms with van der Waals surface area (Å²) < 4.78 is 14.2. The number of pyridine rings is 1. The van der Waals surface area contributed by atoms with Gasteiger partial charge in [-0.3, -0.25) is 0 Å². The van der Waals surface area contributed by atoms with Crippen molar-refractivity contribution in [3.05, 3.63) is 64.9 Å². The Bertz CT molecular complexity index is 1000. The molecular formula is C22H23ClN2O3. The Labute approximate surface area is 169 Å². The molecule has 1 aliphatic heterocycles. The number of ether oxygens (including phenoxy) is 2. The maximum atomic E-state index is 12.7. The zero-order valence-corrected chi connectivity index (χ0v) is 16.9. The zero-order chi connectivity index (χ0) is 19.8. The number of hydrogen-bond acceptors (Lipinski definition) is 4. The van der Waals surface area contributed by atoms with Crippen LogP contribution < -0.4 is 0 Å². The number of carbonyl (C=O) groups is 1. The number of nitrogens with zero attached hydrogens (tertiary/aromatic N) is 2. The topological polar surface area (TPSA) is 53.4 Å². The van der Waals surface area contributed by atoms with E-state index in [0.29, 0.717) is 10.6 Å². The first-order valence-electron chi connectivity index (χ1n) is 9.54. The van der Waals surface area contributed by atoms with Crippen molar-refractivity contribution < 1.29 is 14.3 Å². The van der Waals surface area contributed by atoms with E-state index < -0.39 is 12.3 Å². The number of rotatable bonds is 4. The number of aryl methyl sites for hydroxylation is 1. The largest absolute Gasteiger partial charge is 0.454 e. The molecule has 0 amide bonds. The van der Waals surface area contributed by atoms with Gasteiger partial charge < -0.3 is 14.0 Å². The van der Waals surface area contributed by atoms with Crippen LogP contribution in [0.4, 0.5) is 0 Å². The number of fused-ring (bicyclic) bond motifs is 1. The van der Waals surface area contributed by atoms with Crippen molar-refractivity contribution in [2.45, 2.75) is 45.6 Å². The Kier molecular flexibility index (Phi) is 5.13. The molecule has 4 rings (SSSR count). The van der Waals surface area contributed by atoms with E-state index in [9.17, 15) is 4.79 Å². The third-order valence-electron chi connectivity index (χ3n) is 5.48. The summed E-state index contributed by atoms with van der Waals surface area (Å²) >= 11 is 6.39. The molecular weight excluding hydrogens is 376 g/mol. The Hall–Kier alpha value is -2.37. The molecule has 0 aliphatic carbocycles. The average Bonchev–Trinajstić information content (AvgIpc) is 3.20. The van der Waals surface area contributed by atoms with Gasteiger partial charge in [0.05, 0.1) is 16.7 Å². The van der Waals surface area contributed by atoms with Gasteiger partial charge in [0.1, 0.15) is 5.65 Å². The highest BCUT2D eigenvalue weighted by Crippen LogP contribution is 2.40. The minimum atomic E-state index is -0.449. The van der Waals surface area contributed by atoms with Gasteiger partial charge in [0, 0.05) is 23.7 Å². The summed E-state index contributed by atoms with van der Waals surface area (Å²) in [5, 5.41) is 1.55. The Morgan fingerprint density at radius 3 is 2.75 bits per heavy atom. The fourth-order valence-corrected chi connectivity index (χ4v) is 4.28. The van der Waals surface area contributed by atoms with E-state index in [2.05, 4.69) is 18.8 Å². The van der Waals surface area contributed by atoms with Gasteiger partial charge in [-0.1, -0.05) is 43.6 Å². The number of aromatic nitrogens is 2. The molecule has 1 fully saturated rings. The van der Waals surface area contributed by atoms with E-state index in [1.807, 2.05) is 35.9 Å². The molecule has 6 heteroatoms. The molecule has 3 heterocycles. The number of carbonyl (C=O) groups excluding carboxylic acids is 1. The first kappa shape index (κ1) is 19.0. The van der Waals surface area contributed by atoms with Crippen molar-refractivity contribution >= 4 is 28.6 Å². The first-order valence-corrected chi connectivity index (χ1v) is 9.92. The van der Waals surface area contributed by atoms with Crippen LogP contribution in [0.15, 0.2) is 48.8 Å². The van der Waals surface area contributed by atoms with Crippen LogP contribution in [0.3, 0.4) is 0 Å². The molecule has 0 saturated carbocycles. The van der Waals surface area contributed by atoms with Gasteiger partial charge in [-0.2, -0.15) is 0 Å². The normalized spacial score (nSPS) is 24.6. The number of esters is 1. The second-order valence-electron chi connectivity index (χ2n) is 7.28. The highest BCUT2D eigenvalue weighted by molar-refractivity contribution is 6.35. The van der Waals surface area contributed by atoms with Gasteiger partial charge >= 0.3 is 5.97 Å². The van der Waals surface area contributed by atoms with Crippen molar-refractivity contribution in [1.29, 1.82) is 0 Å². The van der Waals surface area contributed by atoms with Crippen LogP contribution in [-0.2, 0) is 9.47 Å².